The average molecular weight is 286 g/mol. The Labute approximate surface area is 120 Å². The molecule has 2 amide bonds. The van der Waals surface area contributed by atoms with E-state index < -0.39 is 5.91 Å². The molecule has 0 aliphatic heterocycles. The van der Waals surface area contributed by atoms with Crippen LogP contribution in [-0.4, -0.2) is 28.0 Å². The second-order valence-electron chi connectivity index (χ2n) is 4.93. The van der Waals surface area contributed by atoms with Crippen LogP contribution >= 0.6 is 0 Å². The first-order valence-electron chi connectivity index (χ1n) is 6.64. The van der Waals surface area contributed by atoms with Crippen LogP contribution in [0.15, 0.2) is 28.8 Å². The summed E-state index contributed by atoms with van der Waals surface area (Å²) in [6, 6.07) is 6.58. The van der Waals surface area contributed by atoms with Gasteiger partial charge in [-0.15, -0.1) is 0 Å². The van der Waals surface area contributed by atoms with Crippen LogP contribution in [0.25, 0.3) is 0 Å². The number of hydrogen-bond donors (Lipinski definition) is 2. The molecule has 108 valence electrons. The zero-order valence-corrected chi connectivity index (χ0v) is 11.4. The maximum atomic E-state index is 12.0. The first-order valence-corrected chi connectivity index (χ1v) is 6.64. The molecule has 3 rings (SSSR count). The highest BCUT2D eigenvalue weighted by atomic mass is 16.5. The van der Waals surface area contributed by atoms with Crippen LogP contribution in [0.4, 0.5) is 5.82 Å². The summed E-state index contributed by atoms with van der Waals surface area (Å²) in [6.07, 6.45) is 1.99. The summed E-state index contributed by atoms with van der Waals surface area (Å²) in [7, 11) is 0. The van der Waals surface area contributed by atoms with E-state index in [9.17, 15) is 9.59 Å². The maximum absolute atomic E-state index is 12.0. The van der Waals surface area contributed by atoms with E-state index in [-0.39, 0.29) is 23.3 Å². The minimum absolute atomic E-state index is 0.152. The molecular weight excluding hydrogens is 272 g/mol. The third-order valence-electron chi connectivity index (χ3n) is 3.00. The third-order valence-corrected chi connectivity index (χ3v) is 3.00. The number of rotatable bonds is 4. The first kappa shape index (κ1) is 13.3. The van der Waals surface area contributed by atoms with Gasteiger partial charge in [-0.3, -0.25) is 9.59 Å². The fourth-order valence-electron chi connectivity index (χ4n) is 1.78. The average Bonchev–Trinajstić information content (AvgIpc) is 3.20. The highest BCUT2D eigenvalue weighted by Gasteiger charge is 2.24. The largest absolute Gasteiger partial charge is 0.360 e. The zero-order valence-electron chi connectivity index (χ0n) is 11.4. The minimum Gasteiger partial charge on any atom is -0.360 e. The molecule has 0 radical (unpaired) electrons. The normalized spacial score (nSPS) is 13.8. The predicted octanol–water partition coefficient (Wildman–Crippen LogP) is 1.52. The summed E-state index contributed by atoms with van der Waals surface area (Å²) in [5, 5.41) is 9.06. The van der Waals surface area contributed by atoms with Gasteiger partial charge in [0.1, 0.15) is 17.1 Å². The lowest BCUT2D eigenvalue weighted by atomic mass is 10.2. The van der Waals surface area contributed by atoms with Crippen LogP contribution in [0.1, 0.15) is 39.6 Å². The molecule has 21 heavy (non-hydrogen) atoms. The molecule has 1 saturated carbocycles. The van der Waals surface area contributed by atoms with Gasteiger partial charge in [0.15, 0.2) is 5.82 Å². The lowest BCUT2D eigenvalue weighted by Crippen LogP contribution is -2.27. The molecule has 0 bridgehead atoms. The Balaban J connectivity index is 1.72. The molecule has 1 aliphatic carbocycles. The predicted molar refractivity (Wildman–Crippen MR) is 73.9 cm³/mol. The van der Waals surface area contributed by atoms with Crippen molar-refractivity contribution in [2.75, 3.05) is 5.32 Å². The summed E-state index contributed by atoms with van der Waals surface area (Å²) in [6.45, 7) is 1.73. The first-order chi connectivity index (χ1) is 10.1. The van der Waals surface area contributed by atoms with E-state index in [4.69, 9.17) is 4.52 Å². The number of amides is 2. The molecule has 0 aromatic carbocycles. The summed E-state index contributed by atoms with van der Waals surface area (Å²) in [4.78, 5) is 28.0. The number of carbonyl (C=O) groups excluding carboxylic acids is 2. The van der Waals surface area contributed by atoms with Crippen molar-refractivity contribution in [3.8, 4) is 0 Å². The van der Waals surface area contributed by atoms with E-state index in [1.165, 1.54) is 6.07 Å². The van der Waals surface area contributed by atoms with Crippen LogP contribution in [0.5, 0.6) is 0 Å². The van der Waals surface area contributed by atoms with Crippen molar-refractivity contribution in [1.29, 1.82) is 0 Å². The second-order valence-corrected chi connectivity index (χ2v) is 4.93. The van der Waals surface area contributed by atoms with Crippen molar-refractivity contribution >= 4 is 17.6 Å². The fourth-order valence-corrected chi connectivity index (χ4v) is 1.78. The van der Waals surface area contributed by atoms with Crippen molar-refractivity contribution in [3.63, 3.8) is 0 Å². The number of pyridine rings is 1. The Bertz CT molecular complexity index is 691. The van der Waals surface area contributed by atoms with Gasteiger partial charge in [0.05, 0.1) is 0 Å². The highest BCUT2D eigenvalue weighted by Crippen LogP contribution is 2.19. The number of aromatic nitrogens is 2. The van der Waals surface area contributed by atoms with Crippen LogP contribution in [0.3, 0.4) is 0 Å². The van der Waals surface area contributed by atoms with Crippen LogP contribution in [0, 0.1) is 6.92 Å². The van der Waals surface area contributed by atoms with Crippen molar-refractivity contribution < 1.29 is 14.1 Å². The van der Waals surface area contributed by atoms with E-state index in [0.29, 0.717) is 11.6 Å². The molecule has 0 spiro atoms. The fraction of sp³-hybridized carbons (Fsp3) is 0.286. The number of anilines is 1. The van der Waals surface area contributed by atoms with Crippen molar-refractivity contribution in [2.24, 2.45) is 0 Å². The van der Waals surface area contributed by atoms with Crippen molar-refractivity contribution in [2.45, 2.75) is 25.8 Å². The lowest BCUT2D eigenvalue weighted by Gasteiger charge is -2.05. The van der Waals surface area contributed by atoms with Gasteiger partial charge >= 0.3 is 0 Å². The monoisotopic (exact) mass is 286 g/mol. The Morgan fingerprint density at radius 1 is 1.24 bits per heavy atom. The number of carbonyl (C=O) groups is 2. The molecular formula is C14H14N4O3. The summed E-state index contributed by atoms with van der Waals surface area (Å²) in [5.41, 5.74) is 0.380. The molecule has 2 aromatic rings. The van der Waals surface area contributed by atoms with Crippen molar-refractivity contribution in [3.05, 3.63) is 41.4 Å². The molecule has 0 atom stereocenters. The molecule has 2 aromatic heterocycles. The second kappa shape index (κ2) is 5.35. The van der Waals surface area contributed by atoms with Gasteiger partial charge < -0.3 is 15.2 Å². The van der Waals surface area contributed by atoms with E-state index >= 15 is 0 Å². The molecule has 2 N–H and O–H groups in total. The van der Waals surface area contributed by atoms with Gasteiger partial charge in [-0.2, -0.15) is 0 Å². The molecule has 1 fully saturated rings. The number of nitrogens with one attached hydrogen (secondary N) is 2. The van der Waals surface area contributed by atoms with Gasteiger partial charge in [0.25, 0.3) is 11.8 Å². The standard InChI is InChI=1S/C14H14N4O3/c1-8-7-12(18-21-8)17-14(20)11-4-2-3-10(16-11)13(19)15-9-5-6-9/h2-4,7,9H,5-6H2,1H3,(H,15,19)(H,17,18,20). The van der Waals surface area contributed by atoms with Gasteiger partial charge in [-0.25, -0.2) is 4.98 Å². The molecule has 1 aliphatic rings. The Morgan fingerprint density at radius 2 is 1.95 bits per heavy atom. The summed E-state index contributed by atoms with van der Waals surface area (Å²) < 4.78 is 4.86. The van der Waals surface area contributed by atoms with Gasteiger partial charge in [-0.05, 0) is 31.9 Å². The molecule has 0 unspecified atom stereocenters. The SMILES string of the molecule is Cc1cc(NC(=O)c2cccc(C(=O)NC3CC3)n2)no1. The molecule has 7 heteroatoms. The number of hydrogen-bond acceptors (Lipinski definition) is 5. The number of aryl methyl sites for hydroxylation is 1. The third kappa shape index (κ3) is 3.25. The highest BCUT2D eigenvalue weighted by molar-refractivity contribution is 6.03. The summed E-state index contributed by atoms with van der Waals surface area (Å²) >= 11 is 0. The maximum Gasteiger partial charge on any atom is 0.275 e. The number of nitrogens with zero attached hydrogens (tertiary/aromatic N) is 2. The topological polar surface area (TPSA) is 97.1 Å². The molecule has 0 saturated heterocycles. The van der Waals surface area contributed by atoms with E-state index in [1.807, 2.05) is 0 Å². The molecule has 2 heterocycles. The van der Waals surface area contributed by atoms with Gasteiger partial charge in [0.2, 0.25) is 0 Å². The summed E-state index contributed by atoms with van der Waals surface area (Å²) in [5.74, 6) is 0.205. The van der Waals surface area contributed by atoms with E-state index in [1.54, 1.807) is 25.1 Å². The lowest BCUT2D eigenvalue weighted by molar-refractivity contribution is 0.0946. The van der Waals surface area contributed by atoms with E-state index in [2.05, 4.69) is 20.8 Å². The smallest absolute Gasteiger partial charge is 0.275 e. The molecule has 7 nitrogen and oxygen atoms in total. The van der Waals surface area contributed by atoms with E-state index in [0.717, 1.165) is 12.8 Å². The van der Waals surface area contributed by atoms with Crippen LogP contribution < -0.4 is 10.6 Å². The minimum atomic E-state index is -0.440. The Morgan fingerprint density at radius 3 is 2.57 bits per heavy atom. The Kier molecular flexibility index (Phi) is 3.39. The quantitative estimate of drug-likeness (QED) is 0.888. The van der Waals surface area contributed by atoms with Crippen LogP contribution in [-0.2, 0) is 0 Å². The van der Waals surface area contributed by atoms with Crippen molar-refractivity contribution in [1.82, 2.24) is 15.5 Å². The van der Waals surface area contributed by atoms with Crippen LogP contribution in [0.2, 0.25) is 0 Å². The van der Waals surface area contributed by atoms with Gasteiger partial charge in [0, 0.05) is 12.1 Å². The van der Waals surface area contributed by atoms with Gasteiger partial charge in [-0.1, -0.05) is 11.2 Å². The zero-order chi connectivity index (χ0) is 14.8. The Hall–Kier alpha value is -2.70.